The minimum absolute atomic E-state index is 0.242. The van der Waals surface area contributed by atoms with Crippen LogP contribution in [0, 0.1) is 5.92 Å². The number of piperidine rings is 1. The summed E-state index contributed by atoms with van der Waals surface area (Å²) >= 11 is 0. The van der Waals surface area contributed by atoms with Gasteiger partial charge in [-0.2, -0.15) is 0 Å². The maximum atomic E-state index is 12.2. The minimum atomic E-state index is -0.594. The van der Waals surface area contributed by atoms with E-state index in [1.54, 1.807) is 9.47 Å². The number of hydrogen-bond donors (Lipinski definition) is 0. The summed E-state index contributed by atoms with van der Waals surface area (Å²) in [5.74, 6) is 0.0142. The molecule has 0 atom stereocenters. The van der Waals surface area contributed by atoms with Crippen molar-refractivity contribution in [3.63, 3.8) is 0 Å². The van der Waals surface area contributed by atoms with Crippen molar-refractivity contribution in [1.29, 1.82) is 0 Å². The Kier molecular flexibility index (Phi) is 5.88. The van der Waals surface area contributed by atoms with Crippen molar-refractivity contribution >= 4 is 28.9 Å². The summed E-state index contributed by atoms with van der Waals surface area (Å²) < 4.78 is 18.0. The maximum absolute atomic E-state index is 12.2. The zero-order valence-electron chi connectivity index (χ0n) is 19.1. The Balaban J connectivity index is 1.34. The second-order valence-electron chi connectivity index (χ2n) is 9.37. The van der Waals surface area contributed by atoms with E-state index in [1.807, 2.05) is 45.9 Å². The first kappa shape index (κ1) is 22.2. The molecule has 0 radical (unpaired) electrons. The Hall–Kier alpha value is -3.03. The number of hydrogen-bond acceptors (Lipinski definition) is 6. The van der Waals surface area contributed by atoms with Crippen LogP contribution in [0.3, 0.4) is 0 Å². The topological polar surface area (TPSA) is 87.1 Å². The number of amides is 1. The predicted octanol–water partition coefficient (Wildman–Crippen LogP) is 4.39. The molecule has 3 heterocycles. The molecule has 32 heavy (non-hydrogen) atoms. The van der Waals surface area contributed by atoms with Gasteiger partial charge in [0.15, 0.2) is 0 Å². The Labute approximate surface area is 187 Å². The molecule has 172 valence electrons. The lowest BCUT2D eigenvalue weighted by Crippen LogP contribution is -2.41. The van der Waals surface area contributed by atoms with Gasteiger partial charge in [0.05, 0.1) is 12.1 Å². The molecule has 1 saturated heterocycles. The van der Waals surface area contributed by atoms with Crippen LogP contribution in [0.15, 0.2) is 18.2 Å². The van der Waals surface area contributed by atoms with Gasteiger partial charge in [0.25, 0.3) is 0 Å². The van der Waals surface area contributed by atoms with Gasteiger partial charge in [-0.1, -0.05) is 0 Å². The molecular formula is C24H30N2O6. The number of likely N-dealkylation sites (tertiary alicyclic amines) is 1. The van der Waals surface area contributed by atoms with Crippen LogP contribution in [-0.4, -0.2) is 52.8 Å². The normalized spacial score (nSPS) is 16.9. The molecule has 2 aliphatic rings. The van der Waals surface area contributed by atoms with Crippen LogP contribution in [0.1, 0.15) is 67.8 Å². The van der Waals surface area contributed by atoms with Crippen LogP contribution >= 0.6 is 0 Å². The summed E-state index contributed by atoms with van der Waals surface area (Å²) in [5.41, 5.74) is 0.982. The molecule has 8 nitrogen and oxygen atoms in total. The van der Waals surface area contributed by atoms with Crippen LogP contribution in [-0.2, 0) is 16.0 Å². The number of ether oxygens (including phenoxy) is 3. The highest BCUT2D eigenvalue weighted by Crippen LogP contribution is 2.34. The van der Waals surface area contributed by atoms with Gasteiger partial charge < -0.3 is 23.7 Å². The Morgan fingerprint density at radius 2 is 1.88 bits per heavy atom. The lowest BCUT2D eigenvalue weighted by Gasteiger charge is -2.33. The van der Waals surface area contributed by atoms with Crippen LogP contribution in [0.25, 0.3) is 10.9 Å². The summed E-state index contributed by atoms with van der Waals surface area (Å²) in [6.07, 6.45) is 2.51. The fourth-order valence-electron chi connectivity index (χ4n) is 4.42. The van der Waals surface area contributed by atoms with Gasteiger partial charge >= 0.3 is 18.0 Å². The summed E-state index contributed by atoms with van der Waals surface area (Å²) in [7, 11) is 0. The Morgan fingerprint density at radius 3 is 2.53 bits per heavy atom. The largest absolute Gasteiger partial charge is 0.494 e. The molecule has 0 bridgehead atoms. The highest BCUT2D eigenvalue weighted by molar-refractivity contribution is 6.21. The average molecular weight is 443 g/mol. The zero-order valence-corrected chi connectivity index (χ0v) is 19.1. The van der Waals surface area contributed by atoms with E-state index < -0.39 is 17.5 Å². The fraction of sp³-hybridized carbons (Fsp3) is 0.542. The molecule has 0 spiro atoms. The van der Waals surface area contributed by atoms with Gasteiger partial charge in [0.2, 0.25) is 0 Å². The van der Waals surface area contributed by atoms with E-state index in [9.17, 15) is 14.4 Å². The number of benzene rings is 1. The highest BCUT2D eigenvalue weighted by Gasteiger charge is 2.36. The first-order chi connectivity index (χ1) is 15.2. The maximum Gasteiger partial charge on any atom is 0.410 e. The molecular weight excluding hydrogens is 412 g/mol. The van der Waals surface area contributed by atoms with Crippen molar-refractivity contribution in [2.24, 2.45) is 5.92 Å². The van der Waals surface area contributed by atoms with Crippen LogP contribution in [0.4, 0.5) is 4.79 Å². The van der Waals surface area contributed by atoms with Crippen molar-refractivity contribution < 1.29 is 28.6 Å². The molecule has 1 fully saturated rings. The monoisotopic (exact) mass is 442 g/mol. The number of cyclic esters (lactones) is 2. The lowest BCUT2D eigenvalue weighted by atomic mass is 9.94. The van der Waals surface area contributed by atoms with Gasteiger partial charge in [-0.15, -0.1) is 0 Å². The van der Waals surface area contributed by atoms with Crippen molar-refractivity contribution in [1.82, 2.24) is 9.47 Å². The lowest BCUT2D eigenvalue weighted by molar-refractivity contribution is 0.0176. The molecule has 0 saturated carbocycles. The standard InChI is InChI=1S/C24H30N2O6/c1-5-26-18-14-16(6-7-17(18)19-20(26)22(28)31-21(19)27)30-13-10-15-8-11-25(12-9-15)23(29)32-24(2,3)4/h6-7,14-15H,5,8-13H2,1-4H3. The van der Waals surface area contributed by atoms with E-state index in [0.717, 1.165) is 24.8 Å². The van der Waals surface area contributed by atoms with Crippen LogP contribution in [0.5, 0.6) is 5.75 Å². The molecule has 4 rings (SSSR count). The fourth-order valence-corrected chi connectivity index (χ4v) is 4.42. The third-order valence-electron chi connectivity index (χ3n) is 6.00. The van der Waals surface area contributed by atoms with Gasteiger partial charge in [-0.05, 0) is 65.0 Å². The van der Waals surface area contributed by atoms with Crippen molar-refractivity contribution in [2.45, 2.75) is 59.1 Å². The van der Waals surface area contributed by atoms with Gasteiger partial charge in [-0.25, -0.2) is 14.4 Å². The molecule has 1 amide bonds. The number of fused-ring (bicyclic) bond motifs is 3. The number of carbonyl (C=O) groups excluding carboxylic acids is 3. The van der Waals surface area contributed by atoms with Crippen molar-refractivity contribution in [3.05, 3.63) is 29.5 Å². The third kappa shape index (κ3) is 4.31. The molecule has 2 aliphatic heterocycles. The molecule has 0 aliphatic carbocycles. The number of esters is 2. The van der Waals surface area contributed by atoms with E-state index >= 15 is 0 Å². The first-order valence-corrected chi connectivity index (χ1v) is 11.2. The van der Waals surface area contributed by atoms with Crippen molar-refractivity contribution in [2.75, 3.05) is 19.7 Å². The van der Waals surface area contributed by atoms with E-state index in [4.69, 9.17) is 14.2 Å². The number of aryl methyl sites for hydroxylation is 1. The van der Waals surface area contributed by atoms with Gasteiger partial charge in [-0.3, -0.25) is 0 Å². The van der Waals surface area contributed by atoms with Crippen molar-refractivity contribution in [3.8, 4) is 5.75 Å². The second-order valence-corrected chi connectivity index (χ2v) is 9.37. The number of nitrogens with zero attached hydrogens (tertiary/aromatic N) is 2. The van der Waals surface area contributed by atoms with Gasteiger partial charge in [0, 0.05) is 31.1 Å². The Morgan fingerprint density at radius 1 is 1.16 bits per heavy atom. The first-order valence-electron chi connectivity index (χ1n) is 11.2. The summed E-state index contributed by atoms with van der Waals surface area (Å²) in [6, 6.07) is 5.52. The van der Waals surface area contributed by atoms with Crippen LogP contribution in [0.2, 0.25) is 0 Å². The predicted molar refractivity (Wildman–Crippen MR) is 118 cm³/mol. The third-order valence-corrected chi connectivity index (χ3v) is 6.00. The number of rotatable bonds is 5. The molecule has 0 N–H and O–H groups in total. The van der Waals surface area contributed by atoms with E-state index in [-0.39, 0.29) is 6.09 Å². The Bertz CT molecular complexity index is 1060. The molecule has 1 aromatic heterocycles. The molecule has 0 unspecified atom stereocenters. The smallest absolute Gasteiger partial charge is 0.410 e. The van der Waals surface area contributed by atoms with Gasteiger partial charge in [0.1, 0.15) is 22.6 Å². The summed E-state index contributed by atoms with van der Waals surface area (Å²) in [4.78, 5) is 38.1. The van der Waals surface area contributed by atoms with Crippen LogP contribution < -0.4 is 4.74 Å². The quantitative estimate of drug-likeness (QED) is 0.504. The minimum Gasteiger partial charge on any atom is -0.494 e. The van der Waals surface area contributed by atoms with E-state index in [1.165, 1.54) is 0 Å². The zero-order chi connectivity index (χ0) is 23.0. The second kappa shape index (κ2) is 8.48. The molecule has 2 aromatic rings. The van der Waals surface area contributed by atoms with E-state index in [0.29, 0.717) is 54.6 Å². The molecule has 8 heteroatoms. The average Bonchev–Trinajstić information content (AvgIpc) is 3.21. The van der Waals surface area contributed by atoms with E-state index in [2.05, 4.69) is 0 Å². The summed E-state index contributed by atoms with van der Waals surface area (Å²) in [6.45, 7) is 10.1. The SMILES string of the molecule is CCn1c2c(c3ccc(OCCC4CCN(C(=O)OC(C)(C)C)CC4)cc31)C(=O)OC2=O. The number of carbonyl (C=O) groups is 3. The highest BCUT2D eigenvalue weighted by atomic mass is 16.6. The molecule has 1 aromatic carbocycles. The number of aromatic nitrogens is 1. The summed E-state index contributed by atoms with van der Waals surface area (Å²) in [5, 5.41) is 0.708.